The molecule has 0 saturated carbocycles. The van der Waals surface area contributed by atoms with Gasteiger partial charge in [0.1, 0.15) is 12.4 Å². The summed E-state index contributed by atoms with van der Waals surface area (Å²) in [6.45, 7) is 4.61. The maximum Gasteiger partial charge on any atom is 0.337 e. The minimum absolute atomic E-state index is 0.0126. The van der Waals surface area contributed by atoms with Crippen molar-refractivity contribution < 1.29 is 28.6 Å². The molecular weight excluding hydrogens is 508 g/mol. The first-order valence-corrected chi connectivity index (χ1v) is 12.2. The van der Waals surface area contributed by atoms with Gasteiger partial charge in [0.15, 0.2) is 11.0 Å². The number of hydrogen-bond acceptors (Lipinski definition) is 9. The van der Waals surface area contributed by atoms with Crippen molar-refractivity contribution in [1.82, 2.24) is 14.8 Å². The lowest BCUT2D eigenvalue weighted by Gasteiger charge is -2.11. The molecule has 0 aliphatic carbocycles. The van der Waals surface area contributed by atoms with Crippen molar-refractivity contribution >= 4 is 46.9 Å². The minimum Gasteiger partial charge on any atom is -0.484 e. The summed E-state index contributed by atoms with van der Waals surface area (Å²) in [4.78, 5) is 36.5. The lowest BCUT2D eigenvalue weighted by Crippen LogP contribution is -2.16. The highest BCUT2D eigenvalue weighted by molar-refractivity contribution is 7.99. The van der Waals surface area contributed by atoms with Gasteiger partial charge in [-0.05, 0) is 49.7 Å². The summed E-state index contributed by atoms with van der Waals surface area (Å²) >= 11 is 7.38. The van der Waals surface area contributed by atoms with Gasteiger partial charge in [0.25, 0.3) is 0 Å². The number of amides is 1. The van der Waals surface area contributed by atoms with Crippen LogP contribution < -0.4 is 10.1 Å². The van der Waals surface area contributed by atoms with E-state index in [4.69, 9.17) is 25.8 Å². The molecule has 0 saturated heterocycles. The SMILES string of the molecule is CCn1c(COc2cc(C)ccc2Cl)nnc1SCC(=O)Nc1cc(C(=O)OC)cc(C(=O)OC)c1. The standard InChI is InChI=1S/C24H25ClN4O6S/c1-5-29-20(12-35-19-8-14(2)6-7-18(19)25)27-28-24(29)36-13-21(30)26-17-10-15(22(31)33-3)9-16(11-17)23(32)34-4/h6-11H,5,12-13H2,1-4H3,(H,26,30). The molecule has 3 aromatic rings. The summed E-state index contributed by atoms with van der Waals surface area (Å²) in [6, 6.07) is 9.68. The first-order valence-electron chi connectivity index (χ1n) is 10.8. The van der Waals surface area contributed by atoms with Crippen LogP contribution in [0.5, 0.6) is 5.75 Å². The molecule has 1 heterocycles. The number of aryl methyl sites for hydroxylation is 1. The van der Waals surface area contributed by atoms with Gasteiger partial charge < -0.3 is 24.1 Å². The summed E-state index contributed by atoms with van der Waals surface area (Å²) in [6.07, 6.45) is 0. The zero-order valence-corrected chi connectivity index (χ0v) is 21.7. The lowest BCUT2D eigenvalue weighted by molar-refractivity contribution is -0.113. The average Bonchev–Trinajstić information content (AvgIpc) is 3.28. The third kappa shape index (κ3) is 6.76. The van der Waals surface area contributed by atoms with Gasteiger partial charge >= 0.3 is 11.9 Å². The van der Waals surface area contributed by atoms with Crippen LogP contribution >= 0.6 is 23.4 Å². The van der Waals surface area contributed by atoms with Crippen molar-refractivity contribution in [2.75, 3.05) is 25.3 Å². The number of esters is 2. The quantitative estimate of drug-likeness (QED) is 0.303. The number of methoxy groups -OCH3 is 2. The number of ether oxygens (including phenoxy) is 3. The van der Waals surface area contributed by atoms with Gasteiger partial charge in [0, 0.05) is 12.2 Å². The van der Waals surface area contributed by atoms with Gasteiger partial charge in [-0.2, -0.15) is 0 Å². The molecule has 0 spiro atoms. The van der Waals surface area contributed by atoms with E-state index in [0.717, 1.165) is 5.56 Å². The predicted molar refractivity (Wildman–Crippen MR) is 135 cm³/mol. The molecule has 0 radical (unpaired) electrons. The molecule has 0 aliphatic heterocycles. The summed E-state index contributed by atoms with van der Waals surface area (Å²) in [5.41, 5.74) is 1.48. The second kappa shape index (κ2) is 12.4. The van der Waals surface area contributed by atoms with Crippen LogP contribution in [0.4, 0.5) is 5.69 Å². The van der Waals surface area contributed by atoms with Crippen molar-refractivity contribution in [3.8, 4) is 5.75 Å². The first kappa shape index (κ1) is 27.0. The molecule has 12 heteroatoms. The van der Waals surface area contributed by atoms with Gasteiger partial charge in [-0.15, -0.1) is 10.2 Å². The third-order valence-corrected chi connectivity index (χ3v) is 6.22. The molecule has 36 heavy (non-hydrogen) atoms. The molecule has 0 unspecified atom stereocenters. The Kier molecular flexibility index (Phi) is 9.31. The van der Waals surface area contributed by atoms with Crippen LogP contribution in [0.2, 0.25) is 5.02 Å². The fraction of sp³-hybridized carbons (Fsp3) is 0.292. The Balaban J connectivity index is 1.67. The molecule has 0 aliphatic rings. The molecular formula is C24H25ClN4O6S. The summed E-state index contributed by atoms with van der Waals surface area (Å²) in [5.74, 6) is -0.513. The van der Waals surface area contributed by atoms with E-state index in [-0.39, 0.29) is 35.1 Å². The molecule has 0 atom stereocenters. The smallest absolute Gasteiger partial charge is 0.337 e. The van der Waals surface area contributed by atoms with Crippen molar-refractivity contribution in [3.05, 3.63) is 63.9 Å². The highest BCUT2D eigenvalue weighted by atomic mass is 35.5. The maximum absolute atomic E-state index is 12.6. The Morgan fingerprint density at radius 3 is 2.31 bits per heavy atom. The van der Waals surface area contributed by atoms with Crippen LogP contribution in [0.3, 0.4) is 0 Å². The molecule has 1 N–H and O–H groups in total. The maximum atomic E-state index is 12.6. The van der Waals surface area contributed by atoms with Crippen molar-refractivity contribution in [2.45, 2.75) is 32.2 Å². The fourth-order valence-corrected chi connectivity index (χ4v) is 4.21. The van der Waals surface area contributed by atoms with E-state index in [1.165, 1.54) is 44.2 Å². The second-order valence-electron chi connectivity index (χ2n) is 7.48. The Morgan fingerprint density at radius 1 is 1.03 bits per heavy atom. The number of hydrogen-bond donors (Lipinski definition) is 1. The van der Waals surface area contributed by atoms with Crippen LogP contribution in [-0.4, -0.2) is 52.6 Å². The van der Waals surface area contributed by atoms with Gasteiger partial charge in [-0.1, -0.05) is 29.4 Å². The van der Waals surface area contributed by atoms with Crippen LogP contribution in [0.1, 0.15) is 39.0 Å². The van der Waals surface area contributed by atoms with E-state index in [0.29, 0.717) is 28.3 Å². The van der Waals surface area contributed by atoms with Crippen LogP contribution in [0, 0.1) is 6.92 Å². The van der Waals surface area contributed by atoms with Gasteiger partial charge in [0.05, 0.1) is 36.1 Å². The molecule has 3 rings (SSSR count). The molecule has 10 nitrogen and oxygen atoms in total. The number of carbonyl (C=O) groups is 3. The van der Waals surface area contributed by atoms with Crippen LogP contribution in [0.25, 0.3) is 0 Å². The van der Waals surface area contributed by atoms with Gasteiger partial charge in [-0.25, -0.2) is 9.59 Å². The largest absolute Gasteiger partial charge is 0.484 e. The van der Waals surface area contributed by atoms with E-state index in [9.17, 15) is 14.4 Å². The number of nitrogens with zero attached hydrogens (tertiary/aromatic N) is 3. The molecule has 0 fully saturated rings. The summed E-state index contributed by atoms with van der Waals surface area (Å²) in [5, 5.41) is 12.1. The van der Waals surface area contributed by atoms with E-state index in [2.05, 4.69) is 15.5 Å². The van der Waals surface area contributed by atoms with E-state index in [1.54, 1.807) is 6.07 Å². The number of aromatic nitrogens is 3. The Morgan fingerprint density at radius 2 is 1.69 bits per heavy atom. The van der Waals surface area contributed by atoms with Crippen LogP contribution in [0.15, 0.2) is 41.6 Å². The Bertz CT molecular complexity index is 1250. The number of benzene rings is 2. The van der Waals surface area contributed by atoms with Crippen LogP contribution in [-0.2, 0) is 27.4 Å². The molecule has 2 aromatic carbocycles. The lowest BCUT2D eigenvalue weighted by atomic mass is 10.1. The molecule has 1 aromatic heterocycles. The fourth-order valence-electron chi connectivity index (χ4n) is 3.21. The molecule has 0 bridgehead atoms. The zero-order chi connectivity index (χ0) is 26.2. The van der Waals surface area contributed by atoms with Crippen molar-refractivity contribution in [2.24, 2.45) is 0 Å². The van der Waals surface area contributed by atoms with E-state index < -0.39 is 11.9 Å². The molecule has 190 valence electrons. The minimum atomic E-state index is -0.650. The van der Waals surface area contributed by atoms with Crippen molar-refractivity contribution in [1.29, 1.82) is 0 Å². The predicted octanol–water partition coefficient (Wildman–Crippen LogP) is 4.14. The third-order valence-electron chi connectivity index (χ3n) is 4.94. The molecule has 1 amide bonds. The van der Waals surface area contributed by atoms with E-state index >= 15 is 0 Å². The topological polar surface area (TPSA) is 122 Å². The zero-order valence-electron chi connectivity index (χ0n) is 20.2. The number of carbonyl (C=O) groups excluding carboxylic acids is 3. The second-order valence-corrected chi connectivity index (χ2v) is 8.83. The summed E-state index contributed by atoms with van der Waals surface area (Å²) in [7, 11) is 2.45. The number of halogens is 1. The first-order chi connectivity index (χ1) is 17.2. The average molecular weight is 533 g/mol. The number of thioether (sulfide) groups is 1. The summed E-state index contributed by atoms with van der Waals surface area (Å²) < 4.78 is 17.1. The number of rotatable bonds is 10. The van der Waals surface area contributed by atoms with Crippen molar-refractivity contribution in [3.63, 3.8) is 0 Å². The monoisotopic (exact) mass is 532 g/mol. The highest BCUT2D eigenvalue weighted by Crippen LogP contribution is 2.26. The van der Waals surface area contributed by atoms with Gasteiger partial charge in [-0.3, -0.25) is 4.79 Å². The number of nitrogens with one attached hydrogen (secondary N) is 1. The van der Waals surface area contributed by atoms with E-state index in [1.807, 2.05) is 30.5 Å². The highest BCUT2D eigenvalue weighted by Gasteiger charge is 2.17. The Hall–Kier alpha value is -3.57. The Labute approximate surface area is 217 Å². The normalized spacial score (nSPS) is 10.6. The van der Waals surface area contributed by atoms with Gasteiger partial charge in [0.2, 0.25) is 5.91 Å². The number of anilines is 1.